The van der Waals surface area contributed by atoms with Gasteiger partial charge in [0.2, 0.25) is 0 Å². The number of allylic oxidation sites excluding steroid dienone is 2. The van der Waals surface area contributed by atoms with E-state index in [2.05, 4.69) is 13.2 Å². The Morgan fingerprint density at radius 1 is 1.27 bits per heavy atom. The first kappa shape index (κ1) is 11.7. The molecule has 0 amide bonds. The fourth-order valence-corrected chi connectivity index (χ4v) is 1.55. The van der Waals surface area contributed by atoms with Gasteiger partial charge in [-0.1, -0.05) is 30.4 Å². The van der Waals surface area contributed by atoms with Crippen LogP contribution in [0.5, 0.6) is 0 Å². The fourth-order valence-electron chi connectivity index (χ4n) is 1.55. The van der Waals surface area contributed by atoms with Gasteiger partial charge in [-0.3, -0.25) is 0 Å². The number of aryl methyl sites for hydroxylation is 1. The zero-order chi connectivity index (χ0) is 11.6. The zero-order valence-corrected chi connectivity index (χ0v) is 9.65. The van der Waals surface area contributed by atoms with Gasteiger partial charge in [-0.2, -0.15) is 0 Å². The molecule has 80 valence electrons. The summed E-state index contributed by atoms with van der Waals surface area (Å²) in [6.45, 7) is 13.3. The van der Waals surface area contributed by atoms with E-state index >= 15 is 0 Å². The van der Waals surface area contributed by atoms with Crippen LogP contribution in [0.1, 0.15) is 30.5 Å². The highest BCUT2D eigenvalue weighted by Crippen LogP contribution is 2.22. The molecule has 0 fully saturated rings. The minimum atomic E-state index is -0.156. The molecule has 0 saturated heterocycles. The van der Waals surface area contributed by atoms with Gasteiger partial charge in [0.1, 0.15) is 5.82 Å². The first-order valence-corrected chi connectivity index (χ1v) is 5.01. The van der Waals surface area contributed by atoms with Gasteiger partial charge in [-0.05, 0) is 49.9 Å². The molecule has 0 heterocycles. The van der Waals surface area contributed by atoms with Crippen LogP contribution in [0.4, 0.5) is 4.39 Å². The van der Waals surface area contributed by atoms with Crippen LogP contribution in [0.3, 0.4) is 0 Å². The van der Waals surface area contributed by atoms with Gasteiger partial charge >= 0.3 is 0 Å². The van der Waals surface area contributed by atoms with E-state index in [9.17, 15) is 4.39 Å². The van der Waals surface area contributed by atoms with E-state index in [0.717, 1.165) is 27.8 Å². The maximum absolute atomic E-state index is 13.7. The number of hydrogen-bond donors (Lipinski definition) is 0. The molecule has 1 heteroatoms. The van der Waals surface area contributed by atoms with Gasteiger partial charge in [0, 0.05) is 0 Å². The monoisotopic (exact) mass is 204 g/mol. The van der Waals surface area contributed by atoms with Crippen molar-refractivity contribution in [1.29, 1.82) is 0 Å². The summed E-state index contributed by atoms with van der Waals surface area (Å²) in [5, 5.41) is 0. The average Bonchev–Trinajstić information content (AvgIpc) is 2.10. The van der Waals surface area contributed by atoms with Gasteiger partial charge in [-0.15, -0.1) is 0 Å². The third-order valence-electron chi connectivity index (χ3n) is 2.39. The second-order valence-corrected chi connectivity index (χ2v) is 4.17. The largest absolute Gasteiger partial charge is 0.207 e. The van der Waals surface area contributed by atoms with Crippen molar-refractivity contribution in [2.45, 2.75) is 27.2 Å². The van der Waals surface area contributed by atoms with Gasteiger partial charge in [0.05, 0.1) is 0 Å². The highest BCUT2D eigenvalue weighted by molar-refractivity contribution is 5.62. The number of benzene rings is 1. The van der Waals surface area contributed by atoms with Crippen molar-refractivity contribution in [2.75, 3.05) is 0 Å². The average molecular weight is 204 g/mol. The minimum absolute atomic E-state index is 0.156. The van der Waals surface area contributed by atoms with E-state index in [1.54, 1.807) is 6.07 Å². The molecule has 0 nitrogen and oxygen atoms in total. The molecule has 0 unspecified atom stereocenters. The molecule has 0 spiro atoms. The molecule has 0 aromatic heterocycles. The van der Waals surface area contributed by atoms with Crippen LogP contribution in [-0.2, 0) is 6.42 Å². The van der Waals surface area contributed by atoms with Crippen LogP contribution in [0.15, 0.2) is 30.9 Å². The van der Waals surface area contributed by atoms with Crippen molar-refractivity contribution in [3.63, 3.8) is 0 Å². The summed E-state index contributed by atoms with van der Waals surface area (Å²) >= 11 is 0. The summed E-state index contributed by atoms with van der Waals surface area (Å²) in [6.07, 6.45) is 0.605. The summed E-state index contributed by atoms with van der Waals surface area (Å²) < 4.78 is 13.7. The van der Waals surface area contributed by atoms with E-state index in [4.69, 9.17) is 0 Å². The van der Waals surface area contributed by atoms with Crippen LogP contribution in [0.25, 0.3) is 5.57 Å². The molecule has 1 aromatic rings. The molecule has 0 aliphatic rings. The van der Waals surface area contributed by atoms with Crippen molar-refractivity contribution in [3.8, 4) is 0 Å². The van der Waals surface area contributed by atoms with Crippen molar-refractivity contribution in [1.82, 2.24) is 0 Å². The molecule has 1 rings (SSSR count). The molecule has 0 aliphatic heterocycles. The molecule has 0 saturated carbocycles. The SMILES string of the molecule is C=C(C)Cc1c(C)cc(C(=C)C)cc1F. The molecule has 0 atom stereocenters. The molecule has 0 aliphatic carbocycles. The Labute approximate surface area is 91.1 Å². The van der Waals surface area contributed by atoms with E-state index < -0.39 is 0 Å². The summed E-state index contributed by atoms with van der Waals surface area (Å²) in [4.78, 5) is 0. The van der Waals surface area contributed by atoms with Crippen molar-refractivity contribution in [3.05, 3.63) is 53.4 Å². The molecular weight excluding hydrogens is 187 g/mol. The van der Waals surface area contributed by atoms with Crippen LogP contribution < -0.4 is 0 Å². The summed E-state index contributed by atoms with van der Waals surface area (Å²) in [5.41, 5.74) is 4.44. The van der Waals surface area contributed by atoms with Crippen molar-refractivity contribution >= 4 is 5.57 Å². The van der Waals surface area contributed by atoms with E-state index in [1.165, 1.54) is 0 Å². The highest BCUT2D eigenvalue weighted by atomic mass is 19.1. The number of hydrogen-bond acceptors (Lipinski definition) is 0. The highest BCUT2D eigenvalue weighted by Gasteiger charge is 2.08. The third-order valence-corrected chi connectivity index (χ3v) is 2.39. The first-order valence-electron chi connectivity index (χ1n) is 5.01. The van der Waals surface area contributed by atoms with Gasteiger partial charge < -0.3 is 0 Å². The lowest BCUT2D eigenvalue weighted by Gasteiger charge is -2.10. The Morgan fingerprint density at radius 2 is 1.87 bits per heavy atom. The standard InChI is InChI=1S/C14H17F/c1-9(2)6-13-11(5)7-12(10(3)4)8-14(13)15/h7-8H,1,3,6H2,2,4-5H3. The lowest BCUT2D eigenvalue weighted by Crippen LogP contribution is -1.97. The molecule has 15 heavy (non-hydrogen) atoms. The Morgan fingerprint density at radius 3 is 2.27 bits per heavy atom. The maximum atomic E-state index is 13.7. The topological polar surface area (TPSA) is 0 Å². The second kappa shape index (κ2) is 4.43. The Hall–Kier alpha value is -1.37. The number of rotatable bonds is 3. The van der Waals surface area contributed by atoms with Crippen LogP contribution in [0, 0.1) is 12.7 Å². The third kappa shape index (κ3) is 2.79. The van der Waals surface area contributed by atoms with E-state index in [1.807, 2.05) is 26.8 Å². The first-order chi connectivity index (χ1) is 6.91. The van der Waals surface area contributed by atoms with Crippen molar-refractivity contribution in [2.24, 2.45) is 0 Å². The number of halogens is 1. The second-order valence-electron chi connectivity index (χ2n) is 4.17. The zero-order valence-electron chi connectivity index (χ0n) is 9.65. The maximum Gasteiger partial charge on any atom is 0.127 e. The van der Waals surface area contributed by atoms with Crippen LogP contribution in [0.2, 0.25) is 0 Å². The van der Waals surface area contributed by atoms with Crippen molar-refractivity contribution < 1.29 is 4.39 Å². The predicted molar refractivity (Wildman–Crippen MR) is 64.4 cm³/mol. The molecule has 0 N–H and O–H groups in total. The van der Waals surface area contributed by atoms with Crippen LogP contribution in [-0.4, -0.2) is 0 Å². The van der Waals surface area contributed by atoms with Gasteiger partial charge in [0.25, 0.3) is 0 Å². The Kier molecular flexibility index (Phi) is 3.46. The van der Waals surface area contributed by atoms with Crippen LogP contribution >= 0.6 is 0 Å². The van der Waals surface area contributed by atoms with Gasteiger partial charge in [0.15, 0.2) is 0 Å². The lowest BCUT2D eigenvalue weighted by molar-refractivity contribution is 0.611. The predicted octanol–water partition coefficient (Wildman–Crippen LogP) is 4.29. The minimum Gasteiger partial charge on any atom is -0.207 e. The van der Waals surface area contributed by atoms with Gasteiger partial charge in [-0.25, -0.2) is 4.39 Å². The summed E-state index contributed by atoms with van der Waals surface area (Å²) in [7, 11) is 0. The van der Waals surface area contributed by atoms with E-state index in [0.29, 0.717) is 6.42 Å². The fraction of sp³-hybridized carbons (Fsp3) is 0.286. The Balaban J connectivity index is 3.21. The molecule has 0 radical (unpaired) electrons. The summed E-state index contributed by atoms with van der Waals surface area (Å²) in [6, 6.07) is 3.53. The molecule has 1 aromatic carbocycles. The van der Waals surface area contributed by atoms with E-state index in [-0.39, 0.29) is 5.82 Å². The lowest BCUT2D eigenvalue weighted by atomic mass is 9.97. The molecule has 0 bridgehead atoms. The quantitative estimate of drug-likeness (QED) is 0.644. The normalized spacial score (nSPS) is 10.1. The molecular formula is C14H17F. The summed E-state index contributed by atoms with van der Waals surface area (Å²) in [5.74, 6) is -0.156. The smallest absolute Gasteiger partial charge is 0.127 e. The Bertz CT molecular complexity index is 390.